The molecule has 4 rings (SSSR count). The minimum atomic E-state index is -0.531. The highest BCUT2D eigenvalue weighted by atomic mass is 32.2. The minimum absolute atomic E-state index is 0.242. The fourth-order valence-electron chi connectivity index (χ4n) is 2.75. The lowest BCUT2D eigenvalue weighted by molar-refractivity contribution is -0.117. The van der Waals surface area contributed by atoms with Gasteiger partial charge in [-0.15, -0.1) is 5.10 Å². The Hall–Kier alpha value is -3.53. The molecule has 0 fully saturated rings. The number of nitrogens with zero attached hydrogens (tertiary/aromatic N) is 4. The van der Waals surface area contributed by atoms with Gasteiger partial charge in [0, 0.05) is 23.0 Å². The normalized spacial score (nSPS) is 11.0. The second-order valence-corrected chi connectivity index (χ2v) is 7.50. The first-order chi connectivity index (χ1) is 14.4. The summed E-state index contributed by atoms with van der Waals surface area (Å²) in [4.78, 5) is 29.7. The second-order valence-electron chi connectivity index (χ2n) is 6.44. The van der Waals surface area contributed by atoms with Gasteiger partial charge in [0.1, 0.15) is 23.2 Å². The number of rotatable bonds is 5. The summed E-state index contributed by atoms with van der Waals surface area (Å²) in [5, 5.41) is 7.13. The van der Waals surface area contributed by atoms with Crippen molar-refractivity contribution >= 4 is 29.0 Å². The van der Waals surface area contributed by atoms with Crippen LogP contribution in [0.3, 0.4) is 0 Å². The van der Waals surface area contributed by atoms with Gasteiger partial charge in [-0.05, 0) is 42.8 Å². The lowest BCUT2D eigenvalue weighted by Gasteiger charge is -2.05. The first-order valence-corrected chi connectivity index (χ1v) is 9.66. The van der Waals surface area contributed by atoms with Gasteiger partial charge in [-0.25, -0.2) is 27.6 Å². The van der Waals surface area contributed by atoms with Gasteiger partial charge in [-0.1, -0.05) is 23.9 Å². The second kappa shape index (κ2) is 8.07. The molecule has 10 heteroatoms. The van der Waals surface area contributed by atoms with Crippen LogP contribution in [-0.2, 0) is 11.3 Å². The fourth-order valence-corrected chi connectivity index (χ4v) is 3.64. The zero-order valence-electron chi connectivity index (χ0n) is 15.7. The summed E-state index contributed by atoms with van der Waals surface area (Å²) in [5.41, 5.74) is 0.453. The smallest absolute Gasteiger partial charge is 0.324 e. The van der Waals surface area contributed by atoms with Gasteiger partial charge in [0.2, 0.25) is 5.91 Å². The molecular weight excluding hydrogens is 412 g/mol. The van der Waals surface area contributed by atoms with Crippen molar-refractivity contribution in [1.29, 1.82) is 0 Å². The standard InChI is InChI=1S/C20H15F2N5O2S/c1-12-5-6-14(10-16(12)22)24-17(28)11-27-20(29)26-8-7-23-19(18(26)25-27)30-15-4-2-3-13(21)9-15/h2-10H,11H2,1H3,(H,24,28). The Bertz CT molecular complexity index is 1320. The third-order valence-corrected chi connectivity index (χ3v) is 5.20. The van der Waals surface area contributed by atoms with Crippen LogP contribution in [0.25, 0.3) is 5.65 Å². The molecule has 0 aliphatic heterocycles. The Balaban J connectivity index is 1.59. The molecule has 2 heterocycles. The van der Waals surface area contributed by atoms with Crippen LogP contribution in [0.1, 0.15) is 5.56 Å². The highest BCUT2D eigenvalue weighted by Gasteiger charge is 2.15. The lowest BCUT2D eigenvalue weighted by atomic mass is 10.2. The molecule has 152 valence electrons. The maximum atomic E-state index is 13.7. The van der Waals surface area contributed by atoms with Crippen molar-refractivity contribution in [2.75, 3.05) is 5.32 Å². The van der Waals surface area contributed by atoms with Gasteiger partial charge >= 0.3 is 5.69 Å². The number of anilines is 1. The molecule has 1 N–H and O–H groups in total. The van der Waals surface area contributed by atoms with Crippen molar-refractivity contribution in [3.05, 3.63) is 82.5 Å². The number of nitrogens with one attached hydrogen (secondary N) is 1. The summed E-state index contributed by atoms with van der Waals surface area (Å²) >= 11 is 1.15. The fraction of sp³-hybridized carbons (Fsp3) is 0.100. The van der Waals surface area contributed by atoms with Gasteiger partial charge in [0.15, 0.2) is 5.65 Å². The van der Waals surface area contributed by atoms with Crippen molar-refractivity contribution in [3.63, 3.8) is 0 Å². The van der Waals surface area contributed by atoms with Crippen molar-refractivity contribution in [3.8, 4) is 0 Å². The van der Waals surface area contributed by atoms with Crippen molar-refractivity contribution in [2.45, 2.75) is 23.4 Å². The monoisotopic (exact) mass is 427 g/mol. The van der Waals surface area contributed by atoms with Gasteiger partial charge < -0.3 is 5.32 Å². The molecule has 0 saturated heterocycles. The predicted octanol–water partition coefficient (Wildman–Crippen LogP) is 3.27. The molecule has 0 unspecified atom stereocenters. The third kappa shape index (κ3) is 4.08. The highest BCUT2D eigenvalue weighted by Crippen LogP contribution is 2.28. The summed E-state index contributed by atoms with van der Waals surface area (Å²) in [7, 11) is 0. The largest absolute Gasteiger partial charge is 0.350 e. The number of amides is 1. The molecule has 0 aliphatic carbocycles. The lowest BCUT2D eigenvalue weighted by Crippen LogP contribution is -2.28. The Labute approximate surface area is 173 Å². The van der Waals surface area contributed by atoms with Crippen molar-refractivity contribution < 1.29 is 13.6 Å². The van der Waals surface area contributed by atoms with Crippen molar-refractivity contribution in [2.24, 2.45) is 0 Å². The summed E-state index contributed by atoms with van der Waals surface area (Å²) < 4.78 is 29.3. The van der Waals surface area contributed by atoms with Gasteiger partial charge in [-0.2, -0.15) is 0 Å². The van der Waals surface area contributed by atoms with Crippen LogP contribution in [0.4, 0.5) is 14.5 Å². The van der Waals surface area contributed by atoms with E-state index < -0.39 is 17.4 Å². The Morgan fingerprint density at radius 3 is 2.80 bits per heavy atom. The van der Waals surface area contributed by atoms with E-state index in [1.807, 2.05) is 0 Å². The molecule has 2 aromatic heterocycles. The van der Waals surface area contributed by atoms with E-state index in [0.29, 0.717) is 15.5 Å². The van der Waals surface area contributed by atoms with E-state index >= 15 is 0 Å². The molecular formula is C20H15F2N5O2S. The maximum absolute atomic E-state index is 13.7. The molecule has 0 radical (unpaired) electrons. The number of fused-ring (bicyclic) bond motifs is 1. The van der Waals surface area contributed by atoms with E-state index in [0.717, 1.165) is 16.4 Å². The Morgan fingerprint density at radius 2 is 2.03 bits per heavy atom. The molecule has 0 spiro atoms. The van der Waals surface area contributed by atoms with Gasteiger partial charge in [0.25, 0.3) is 0 Å². The first kappa shape index (κ1) is 19.8. The summed E-state index contributed by atoms with van der Waals surface area (Å²) in [6.07, 6.45) is 2.86. The number of carbonyl (C=O) groups is 1. The van der Waals surface area contributed by atoms with Gasteiger partial charge in [-0.3, -0.25) is 4.79 Å². The Morgan fingerprint density at radius 1 is 1.20 bits per heavy atom. The van der Waals surface area contributed by atoms with Crippen molar-refractivity contribution in [1.82, 2.24) is 19.2 Å². The number of benzene rings is 2. The SMILES string of the molecule is Cc1ccc(NC(=O)Cn2nc3c(Sc4cccc(F)c4)nccn3c2=O)cc1F. The number of hydrogen-bond acceptors (Lipinski definition) is 5. The van der Waals surface area contributed by atoms with Crippen LogP contribution in [0, 0.1) is 18.6 Å². The average Bonchev–Trinajstić information content (AvgIpc) is 3.01. The third-order valence-electron chi connectivity index (χ3n) is 4.23. The Kier molecular flexibility index (Phi) is 5.32. The van der Waals surface area contributed by atoms with Crippen LogP contribution >= 0.6 is 11.8 Å². The molecule has 0 saturated carbocycles. The predicted molar refractivity (Wildman–Crippen MR) is 108 cm³/mol. The first-order valence-electron chi connectivity index (χ1n) is 8.84. The maximum Gasteiger partial charge on any atom is 0.350 e. The molecule has 7 nitrogen and oxygen atoms in total. The topological polar surface area (TPSA) is 81.3 Å². The molecule has 0 atom stereocenters. The van der Waals surface area contributed by atoms with E-state index in [4.69, 9.17) is 0 Å². The number of carbonyl (C=O) groups excluding carboxylic acids is 1. The van der Waals surface area contributed by atoms with E-state index in [2.05, 4.69) is 15.4 Å². The highest BCUT2D eigenvalue weighted by molar-refractivity contribution is 7.99. The van der Waals surface area contributed by atoms with E-state index in [-0.39, 0.29) is 23.7 Å². The average molecular weight is 427 g/mol. The zero-order chi connectivity index (χ0) is 21.3. The van der Waals surface area contributed by atoms with Crippen LogP contribution in [0.5, 0.6) is 0 Å². The molecule has 4 aromatic rings. The number of hydrogen-bond donors (Lipinski definition) is 1. The molecule has 2 aromatic carbocycles. The number of halogens is 2. The zero-order valence-corrected chi connectivity index (χ0v) is 16.5. The summed E-state index contributed by atoms with van der Waals surface area (Å²) in [5.74, 6) is -1.36. The van der Waals surface area contributed by atoms with E-state index in [9.17, 15) is 18.4 Å². The van der Waals surface area contributed by atoms with E-state index in [1.165, 1.54) is 35.0 Å². The molecule has 0 aliphatic rings. The van der Waals surface area contributed by atoms with E-state index in [1.54, 1.807) is 31.2 Å². The van der Waals surface area contributed by atoms with Crippen LogP contribution in [-0.4, -0.2) is 25.1 Å². The molecule has 1 amide bonds. The molecule has 30 heavy (non-hydrogen) atoms. The quantitative estimate of drug-likeness (QED) is 0.529. The molecule has 0 bridgehead atoms. The summed E-state index contributed by atoms with van der Waals surface area (Å²) in [6.45, 7) is 1.25. The number of aryl methyl sites for hydroxylation is 1. The summed E-state index contributed by atoms with van der Waals surface area (Å²) in [6, 6.07) is 10.3. The minimum Gasteiger partial charge on any atom is -0.324 e. The number of aromatic nitrogens is 4. The van der Waals surface area contributed by atoms with Gasteiger partial charge in [0.05, 0.1) is 0 Å². The van der Waals surface area contributed by atoms with Crippen LogP contribution < -0.4 is 11.0 Å². The van der Waals surface area contributed by atoms with Crippen LogP contribution in [0.2, 0.25) is 0 Å². The van der Waals surface area contributed by atoms with Crippen LogP contribution in [0.15, 0.2) is 69.6 Å².